The number of rotatable bonds is 7. The van der Waals surface area contributed by atoms with Crippen molar-refractivity contribution >= 4 is 28.0 Å². The van der Waals surface area contributed by atoms with Crippen LogP contribution in [0.5, 0.6) is 0 Å². The summed E-state index contributed by atoms with van der Waals surface area (Å²) in [6, 6.07) is 6.70. The molecular weight excluding hydrogens is 410 g/mol. The van der Waals surface area contributed by atoms with Crippen LogP contribution < -0.4 is 5.32 Å². The molecule has 0 aliphatic carbocycles. The largest absolute Gasteiger partial charge is 0.459 e. The summed E-state index contributed by atoms with van der Waals surface area (Å²) in [5, 5.41) is 2.63. The number of alkyl carbamates (subject to hydrolysis) is 1. The summed E-state index contributed by atoms with van der Waals surface area (Å²) in [5.74, 6) is -0.507. The Hall–Kier alpha value is -2.08. The Morgan fingerprint density at radius 1 is 1.19 bits per heavy atom. The van der Waals surface area contributed by atoms with Crippen LogP contribution in [0.15, 0.2) is 52.5 Å². The minimum atomic E-state index is -0.843. The summed E-state index contributed by atoms with van der Waals surface area (Å²) >= 11 is 3.38. The van der Waals surface area contributed by atoms with E-state index in [2.05, 4.69) is 21.2 Å². The number of carbonyl (C=O) groups is 2. The third-order valence-electron chi connectivity index (χ3n) is 3.46. The van der Waals surface area contributed by atoms with Crippen molar-refractivity contribution in [2.45, 2.75) is 52.7 Å². The molecular formula is C21H28BrNO4. The lowest BCUT2D eigenvalue weighted by Gasteiger charge is -2.23. The molecule has 0 aliphatic rings. The molecule has 0 bridgehead atoms. The van der Waals surface area contributed by atoms with Crippen molar-refractivity contribution in [2.75, 3.05) is 6.61 Å². The molecule has 1 rings (SSSR count). The van der Waals surface area contributed by atoms with Gasteiger partial charge >= 0.3 is 12.1 Å². The van der Waals surface area contributed by atoms with E-state index in [0.717, 1.165) is 15.6 Å². The van der Waals surface area contributed by atoms with E-state index in [0.29, 0.717) is 6.42 Å². The minimum Gasteiger partial charge on any atom is -0.459 e. The molecule has 0 saturated carbocycles. The van der Waals surface area contributed by atoms with Gasteiger partial charge in [-0.2, -0.15) is 0 Å². The number of esters is 1. The lowest BCUT2D eigenvalue weighted by Crippen LogP contribution is -2.45. The van der Waals surface area contributed by atoms with Crippen molar-refractivity contribution < 1.29 is 19.1 Å². The molecule has 27 heavy (non-hydrogen) atoms. The second-order valence-electron chi connectivity index (χ2n) is 7.00. The van der Waals surface area contributed by atoms with Crippen LogP contribution in [0, 0.1) is 0 Å². The molecule has 1 unspecified atom stereocenters. The lowest BCUT2D eigenvalue weighted by atomic mass is 10.1. The first-order valence-electron chi connectivity index (χ1n) is 8.83. The van der Waals surface area contributed by atoms with Gasteiger partial charge in [-0.3, -0.25) is 0 Å². The van der Waals surface area contributed by atoms with Gasteiger partial charge in [0, 0.05) is 10.9 Å². The van der Waals surface area contributed by atoms with E-state index in [1.165, 1.54) is 0 Å². The van der Waals surface area contributed by atoms with E-state index in [4.69, 9.17) is 9.47 Å². The van der Waals surface area contributed by atoms with Crippen molar-refractivity contribution in [1.29, 1.82) is 0 Å². The predicted octanol–water partition coefficient (Wildman–Crippen LogP) is 4.95. The Morgan fingerprint density at radius 3 is 2.33 bits per heavy atom. The molecule has 1 aromatic carbocycles. The summed E-state index contributed by atoms with van der Waals surface area (Å²) in [6.45, 7) is 9.22. The first-order chi connectivity index (χ1) is 12.6. The van der Waals surface area contributed by atoms with Crippen LogP contribution in [0.3, 0.4) is 0 Å². The fraction of sp³-hybridized carbons (Fsp3) is 0.429. The zero-order chi connectivity index (χ0) is 20.4. The van der Waals surface area contributed by atoms with Gasteiger partial charge in [-0.15, -0.1) is 0 Å². The topological polar surface area (TPSA) is 64.6 Å². The van der Waals surface area contributed by atoms with Gasteiger partial charge in [0.2, 0.25) is 0 Å². The zero-order valence-corrected chi connectivity index (χ0v) is 18.1. The van der Waals surface area contributed by atoms with Crippen LogP contribution in [0.25, 0.3) is 0 Å². The van der Waals surface area contributed by atoms with Gasteiger partial charge in [-0.25, -0.2) is 9.59 Å². The van der Waals surface area contributed by atoms with E-state index in [9.17, 15) is 9.59 Å². The number of carbonyl (C=O) groups excluding carboxylic acids is 2. The maximum Gasteiger partial charge on any atom is 0.408 e. The third kappa shape index (κ3) is 9.43. The number of nitrogens with one attached hydrogen (secondary N) is 1. The Kier molecular flexibility index (Phi) is 9.29. The predicted molar refractivity (Wildman–Crippen MR) is 111 cm³/mol. The van der Waals surface area contributed by atoms with Gasteiger partial charge in [0.15, 0.2) is 0 Å². The van der Waals surface area contributed by atoms with Crippen molar-refractivity contribution in [3.05, 3.63) is 58.1 Å². The molecule has 0 saturated heterocycles. The van der Waals surface area contributed by atoms with Gasteiger partial charge in [0.25, 0.3) is 0 Å². The van der Waals surface area contributed by atoms with E-state index in [1.54, 1.807) is 20.8 Å². The van der Waals surface area contributed by atoms with Gasteiger partial charge < -0.3 is 14.8 Å². The molecule has 0 spiro atoms. The van der Waals surface area contributed by atoms with Gasteiger partial charge in [0.1, 0.15) is 18.2 Å². The molecule has 1 amide bonds. The molecule has 0 aliphatic heterocycles. The highest BCUT2D eigenvalue weighted by Gasteiger charge is 2.26. The number of benzene rings is 1. The summed E-state index contributed by atoms with van der Waals surface area (Å²) in [4.78, 5) is 24.7. The second-order valence-corrected chi connectivity index (χ2v) is 7.92. The van der Waals surface area contributed by atoms with Crippen molar-refractivity contribution in [2.24, 2.45) is 0 Å². The van der Waals surface area contributed by atoms with Crippen LogP contribution in [0.4, 0.5) is 4.79 Å². The highest BCUT2D eigenvalue weighted by atomic mass is 79.9. The molecule has 148 valence electrons. The van der Waals surface area contributed by atoms with Crippen LogP contribution in [-0.4, -0.2) is 30.3 Å². The van der Waals surface area contributed by atoms with E-state index in [1.807, 2.05) is 56.3 Å². The zero-order valence-electron chi connectivity index (χ0n) is 16.5. The number of amides is 1. The maximum absolute atomic E-state index is 12.6. The smallest absolute Gasteiger partial charge is 0.408 e. The SMILES string of the molecule is C/C=C\C(=C/C)COC(=O)C(Cc1ccc(Br)cc1)NC(=O)OC(C)(C)C. The fourth-order valence-corrected chi connectivity index (χ4v) is 2.46. The maximum atomic E-state index is 12.6. The van der Waals surface area contributed by atoms with Crippen LogP contribution in [0.2, 0.25) is 0 Å². The first-order valence-corrected chi connectivity index (χ1v) is 9.62. The number of ether oxygens (including phenoxy) is 2. The van der Waals surface area contributed by atoms with Crippen LogP contribution in [0.1, 0.15) is 40.2 Å². The molecule has 0 heterocycles. The highest BCUT2D eigenvalue weighted by molar-refractivity contribution is 9.10. The molecule has 1 N–H and O–H groups in total. The Bertz CT molecular complexity index is 687. The van der Waals surface area contributed by atoms with Crippen LogP contribution in [-0.2, 0) is 20.7 Å². The Labute approximate surface area is 169 Å². The average molecular weight is 438 g/mol. The van der Waals surface area contributed by atoms with E-state index in [-0.39, 0.29) is 6.61 Å². The monoisotopic (exact) mass is 437 g/mol. The quantitative estimate of drug-likeness (QED) is 0.483. The molecule has 1 aromatic rings. The van der Waals surface area contributed by atoms with Gasteiger partial charge in [-0.1, -0.05) is 46.3 Å². The summed E-state index contributed by atoms with van der Waals surface area (Å²) in [7, 11) is 0. The average Bonchev–Trinajstić information content (AvgIpc) is 2.58. The number of hydrogen-bond acceptors (Lipinski definition) is 4. The number of halogens is 1. The molecule has 0 fully saturated rings. The van der Waals surface area contributed by atoms with Crippen molar-refractivity contribution in [3.63, 3.8) is 0 Å². The molecule has 1 atom stereocenters. The Balaban J connectivity index is 2.86. The summed E-state index contributed by atoms with van der Waals surface area (Å²) in [6.07, 6.45) is 5.28. The minimum absolute atomic E-state index is 0.145. The number of hydrogen-bond donors (Lipinski definition) is 1. The normalized spacial score (nSPS) is 13.3. The van der Waals surface area contributed by atoms with Crippen molar-refractivity contribution in [3.8, 4) is 0 Å². The molecule has 5 nitrogen and oxygen atoms in total. The van der Waals surface area contributed by atoms with Gasteiger partial charge in [-0.05, 0) is 57.9 Å². The number of allylic oxidation sites excluding steroid dienone is 2. The Morgan fingerprint density at radius 2 is 1.81 bits per heavy atom. The summed E-state index contributed by atoms with van der Waals surface area (Å²) in [5.41, 5.74) is 1.13. The highest BCUT2D eigenvalue weighted by Crippen LogP contribution is 2.14. The standard InChI is InChI=1S/C21H28BrNO4/c1-6-8-15(7-2)14-26-19(24)18(23-20(25)27-21(3,4)5)13-16-9-11-17(22)12-10-16/h6-12,18H,13-14H2,1-5H3,(H,23,25)/b8-6-,15-7+. The molecule has 6 heteroatoms. The summed E-state index contributed by atoms with van der Waals surface area (Å²) < 4.78 is 11.6. The van der Waals surface area contributed by atoms with E-state index >= 15 is 0 Å². The van der Waals surface area contributed by atoms with Gasteiger partial charge in [0.05, 0.1) is 0 Å². The van der Waals surface area contributed by atoms with Crippen LogP contribution >= 0.6 is 15.9 Å². The molecule has 0 radical (unpaired) electrons. The van der Waals surface area contributed by atoms with Crippen molar-refractivity contribution in [1.82, 2.24) is 5.32 Å². The first kappa shape index (κ1) is 23.0. The fourth-order valence-electron chi connectivity index (χ4n) is 2.20. The second kappa shape index (κ2) is 10.9. The molecule has 0 aromatic heterocycles. The lowest BCUT2D eigenvalue weighted by molar-refractivity contribution is -0.145. The van der Waals surface area contributed by atoms with E-state index < -0.39 is 23.7 Å². The third-order valence-corrected chi connectivity index (χ3v) is 3.99.